The molecule has 0 bridgehead atoms. The number of carbonyl (C=O) groups excluding carboxylic acids is 1. The second-order valence-electron chi connectivity index (χ2n) is 4.42. The Morgan fingerprint density at radius 1 is 1.30 bits per heavy atom. The van der Waals surface area contributed by atoms with E-state index >= 15 is 0 Å². The van der Waals surface area contributed by atoms with Crippen LogP contribution in [-0.2, 0) is 11.3 Å². The molecule has 0 saturated heterocycles. The van der Waals surface area contributed by atoms with E-state index in [9.17, 15) is 4.79 Å². The van der Waals surface area contributed by atoms with Gasteiger partial charge in [-0.3, -0.25) is 4.79 Å². The van der Waals surface area contributed by atoms with Crippen LogP contribution in [0.3, 0.4) is 0 Å². The lowest BCUT2D eigenvalue weighted by atomic mass is 10.2. The lowest BCUT2D eigenvalue weighted by Gasteiger charge is -2.15. The molecule has 0 fully saturated rings. The number of methoxy groups -OCH3 is 1. The normalized spacial score (nSPS) is 11.8. The fourth-order valence-electron chi connectivity index (χ4n) is 1.79. The summed E-state index contributed by atoms with van der Waals surface area (Å²) in [5, 5.41) is 5.96. The highest BCUT2D eigenvalue weighted by molar-refractivity contribution is 5.81. The number of amides is 1. The molecule has 2 N–H and O–H groups in total. The van der Waals surface area contributed by atoms with Crippen molar-refractivity contribution in [2.24, 2.45) is 0 Å². The average molecular weight is 280 g/mol. The molecule has 0 saturated carbocycles. The molecule has 5 heteroatoms. The summed E-state index contributed by atoms with van der Waals surface area (Å²) in [6.07, 6.45) is 0. The van der Waals surface area contributed by atoms with Crippen molar-refractivity contribution in [2.45, 2.75) is 33.4 Å². The number of ether oxygens (including phenoxy) is 2. The van der Waals surface area contributed by atoms with Crippen molar-refractivity contribution >= 4 is 5.91 Å². The lowest BCUT2D eigenvalue weighted by Crippen LogP contribution is -2.41. The largest absolute Gasteiger partial charge is 0.493 e. The SMILES string of the molecule is CCNC(=O)C(C)NCc1ccc(OCC)c(OC)c1. The summed E-state index contributed by atoms with van der Waals surface area (Å²) in [5.74, 6) is 1.44. The predicted molar refractivity (Wildman–Crippen MR) is 79.1 cm³/mol. The number of hydrogen-bond donors (Lipinski definition) is 2. The molecule has 1 unspecified atom stereocenters. The van der Waals surface area contributed by atoms with Crippen LogP contribution in [0.2, 0.25) is 0 Å². The van der Waals surface area contributed by atoms with Crippen LogP contribution >= 0.6 is 0 Å². The fourth-order valence-corrected chi connectivity index (χ4v) is 1.79. The molecule has 20 heavy (non-hydrogen) atoms. The maximum Gasteiger partial charge on any atom is 0.236 e. The van der Waals surface area contributed by atoms with Crippen molar-refractivity contribution in [3.05, 3.63) is 23.8 Å². The fraction of sp³-hybridized carbons (Fsp3) is 0.533. The first-order valence-electron chi connectivity index (χ1n) is 6.93. The van der Waals surface area contributed by atoms with Crippen molar-refractivity contribution < 1.29 is 14.3 Å². The Kier molecular flexibility index (Phi) is 6.87. The summed E-state index contributed by atoms with van der Waals surface area (Å²) < 4.78 is 10.8. The number of nitrogens with one attached hydrogen (secondary N) is 2. The van der Waals surface area contributed by atoms with Gasteiger partial charge in [0.05, 0.1) is 19.8 Å². The zero-order valence-corrected chi connectivity index (χ0v) is 12.7. The molecule has 1 aromatic rings. The summed E-state index contributed by atoms with van der Waals surface area (Å²) in [6.45, 7) is 7.52. The van der Waals surface area contributed by atoms with E-state index in [4.69, 9.17) is 9.47 Å². The van der Waals surface area contributed by atoms with Crippen LogP contribution in [0, 0.1) is 0 Å². The molecular weight excluding hydrogens is 256 g/mol. The first-order valence-corrected chi connectivity index (χ1v) is 6.93. The summed E-state index contributed by atoms with van der Waals surface area (Å²) in [5.41, 5.74) is 1.04. The molecule has 0 aliphatic heterocycles. The van der Waals surface area contributed by atoms with Gasteiger partial charge in [-0.05, 0) is 38.5 Å². The van der Waals surface area contributed by atoms with Crippen molar-refractivity contribution in [1.82, 2.24) is 10.6 Å². The molecule has 1 rings (SSSR count). The van der Waals surface area contributed by atoms with Crippen molar-refractivity contribution in [2.75, 3.05) is 20.3 Å². The molecule has 112 valence electrons. The van der Waals surface area contributed by atoms with Crippen molar-refractivity contribution in [1.29, 1.82) is 0 Å². The first kappa shape index (κ1) is 16.3. The monoisotopic (exact) mass is 280 g/mol. The van der Waals surface area contributed by atoms with Crippen LogP contribution in [0.4, 0.5) is 0 Å². The molecule has 1 aromatic carbocycles. The van der Waals surface area contributed by atoms with E-state index in [0.717, 1.165) is 11.3 Å². The van der Waals surface area contributed by atoms with Crippen LogP contribution < -0.4 is 20.1 Å². The molecule has 0 radical (unpaired) electrons. The smallest absolute Gasteiger partial charge is 0.236 e. The number of rotatable bonds is 8. The van der Waals surface area contributed by atoms with Crippen molar-refractivity contribution in [3.8, 4) is 11.5 Å². The molecule has 5 nitrogen and oxygen atoms in total. The summed E-state index contributed by atoms with van der Waals surface area (Å²) >= 11 is 0. The molecular formula is C15H24N2O3. The number of likely N-dealkylation sites (N-methyl/N-ethyl adjacent to an activating group) is 1. The van der Waals surface area contributed by atoms with Crippen molar-refractivity contribution in [3.63, 3.8) is 0 Å². The van der Waals surface area contributed by atoms with Gasteiger partial charge >= 0.3 is 0 Å². The highest BCUT2D eigenvalue weighted by atomic mass is 16.5. The Hall–Kier alpha value is -1.75. The number of carbonyl (C=O) groups is 1. The van der Waals surface area contributed by atoms with Gasteiger partial charge in [-0.15, -0.1) is 0 Å². The predicted octanol–water partition coefficient (Wildman–Crippen LogP) is 1.71. The zero-order chi connectivity index (χ0) is 15.0. The second kappa shape index (κ2) is 8.43. The van der Waals surface area contributed by atoms with Gasteiger partial charge in [-0.25, -0.2) is 0 Å². The van der Waals surface area contributed by atoms with Crippen LogP contribution in [0.15, 0.2) is 18.2 Å². The van der Waals surface area contributed by atoms with E-state index in [2.05, 4.69) is 10.6 Å². The van der Waals surface area contributed by atoms with Gasteiger partial charge in [0.15, 0.2) is 11.5 Å². The summed E-state index contributed by atoms with van der Waals surface area (Å²) in [6, 6.07) is 5.54. The van der Waals surface area contributed by atoms with Gasteiger partial charge < -0.3 is 20.1 Å². The van der Waals surface area contributed by atoms with Crippen LogP contribution in [0.1, 0.15) is 26.3 Å². The van der Waals surface area contributed by atoms with Crippen LogP contribution in [0.5, 0.6) is 11.5 Å². The Labute approximate surface area is 120 Å². The Morgan fingerprint density at radius 2 is 2.05 bits per heavy atom. The van der Waals surface area contributed by atoms with Gasteiger partial charge in [-0.2, -0.15) is 0 Å². The first-order chi connectivity index (χ1) is 9.62. The van der Waals surface area contributed by atoms with E-state index in [1.165, 1.54) is 0 Å². The van der Waals surface area contributed by atoms with Crippen LogP contribution in [-0.4, -0.2) is 32.2 Å². The quantitative estimate of drug-likeness (QED) is 0.761. The second-order valence-corrected chi connectivity index (χ2v) is 4.42. The number of benzene rings is 1. The van der Waals surface area contributed by atoms with E-state index in [1.54, 1.807) is 7.11 Å². The minimum atomic E-state index is -0.229. The maximum atomic E-state index is 11.6. The third kappa shape index (κ3) is 4.74. The van der Waals surface area contributed by atoms with E-state index < -0.39 is 0 Å². The Balaban J connectivity index is 2.62. The lowest BCUT2D eigenvalue weighted by molar-refractivity contribution is -0.122. The molecule has 1 amide bonds. The molecule has 0 aliphatic rings. The Morgan fingerprint density at radius 3 is 2.65 bits per heavy atom. The molecule has 0 aliphatic carbocycles. The summed E-state index contributed by atoms with van der Waals surface area (Å²) in [7, 11) is 1.62. The molecule has 0 aromatic heterocycles. The summed E-state index contributed by atoms with van der Waals surface area (Å²) in [4.78, 5) is 11.6. The van der Waals surface area contributed by atoms with E-state index in [-0.39, 0.29) is 11.9 Å². The highest BCUT2D eigenvalue weighted by Crippen LogP contribution is 2.27. The molecule has 1 atom stereocenters. The maximum absolute atomic E-state index is 11.6. The third-order valence-corrected chi connectivity index (χ3v) is 2.88. The Bertz CT molecular complexity index is 435. The van der Waals surface area contributed by atoms with E-state index in [1.807, 2.05) is 39.0 Å². The molecule has 0 heterocycles. The van der Waals surface area contributed by atoms with E-state index in [0.29, 0.717) is 25.4 Å². The topological polar surface area (TPSA) is 59.6 Å². The molecule has 0 spiro atoms. The highest BCUT2D eigenvalue weighted by Gasteiger charge is 2.11. The standard InChI is InChI=1S/C15H24N2O3/c1-5-16-15(18)11(3)17-10-12-7-8-13(20-6-2)14(9-12)19-4/h7-9,11,17H,5-6,10H2,1-4H3,(H,16,18). The number of hydrogen-bond acceptors (Lipinski definition) is 4. The minimum absolute atomic E-state index is 0.00500. The van der Waals surface area contributed by atoms with Gasteiger partial charge in [0.1, 0.15) is 0 Å². The van der Waals surface area contributed by atoms with Gasteiger partial charge in [0.2, 0.25) is 5.91 Å². The van der Waals surface area contributed by atoms with Gasteiger partial charge in [0, 0.05) is 13.1 Å². The zero-order valence-electron chi connectivity index (χ0n) is 12.7. The van der Waals surface area contributed by atoms with Gasteiger partial charge in [0.25, 0.3) is 0 Å². The minimum Gasteiger partial charge on any atom is -0.493 e. The average Bonchev–Trinajstić information content (AvgIpc) is 2.46. The van der Waals surface area contributed by atoms with Gasteiger partial charge in [-0.1, -0.05) is 6.07 Å². The third-order valence-electron chi connectivity index (χ3n) is 2.88. The van der Waals surface area contributed by atoms with Crippen LogP contribution in [0.25, 0.3) is 0 Å².